The van der Waals surface area contributed by atoms with Crippen molar-refractivity contribution in [1.29, 1.82) is 0 Å². The highest BCUT2D eigenvalue weighted by molar-refractivity contribution is 5.92. The van der Waals surface area contributed by atoms with E-state index in [9.17, 15) is 9.18 Å². The van der Waals surface area contributed by atoms with Gasteiger partial charge in [-0.1, -0.05) is 6.07 Å². The number of carbonyl (C=O) groups is 1. The SMILES string of the molecule is NC1C2CCC(C2)C1C(=O)Nc1cccc(F)n1. The Kier molecular flexibility index (Phi) is 2.78. The van der Waals surface area contributed by atoms with Gasteiger partial charge in [-0.15, -0.1) is 0 Å². The summed E-state index contributed by atoms with van der Waals surface area (Å²) in [5.41, 5.74) is 6.09. The molecule has 1 aromatic heterocycles. The summed E-state index contributed by atoms with van der Waals surface area (Å²) in [4.78, 5) is 15.8. The first kappa shape index (κ1) is 11.6. The maximum Gasteiger partial charge on any atom is 0.230 e. The van der Waals surface area contributed by atoms with Crippen molar-refractivity contribution in [3.63, 3.8) is 0 Å². The molecule has 0 spiro atoms. The second-order valence-corrected chi connectivity index (χ2v) is 5.27. The number of amides is 1. The van der Waals surface area contributed by atoms with Gasteiger partial charge in [-0.25, -0.2) is 4.98 Å². The molecular formula is C13H16FN3O. The number of fused-ring (bicyclic) bond motifs is 2. The Bertz CT molecular complexity index is 477. The monoisotopic (exact) mass is 249 g/mol. The molecule has 0 aliphatic heterocycles. The molecule has 2 bridgehead atoms. The molecule has 1 heterocycles. The summed E-state index contributed by atoms with van der Waals surface area (Å²) in [6.45, 7) is 0. The summed E-state index contributed by atoms with van der Waals surface area (Å²) < 4.78 is 12.9. The number of carbonyl (C=O) groups excluding carboxylic acids is 1. The van der Waals surface area contributed by atoms with E-state index in [1.807, 2.05) is 0 Å². The fraction of sp³-hybridized carbons (Fsp3) is 0.538. The molecule has 1 aromatic rings. The van der Waals surface area contributed by atoms with Gasteiger partial charge in [0.15, 0.2) is 0 Å². The molecule has 0 radical (unpaired) electrons. The van der Waals surface area contributed by atoms with Gasteiger partial charge in [-0.2, -0.15) is 4.39 Å². The Hall–Kier alpha value is -1.49. The first-order valence-corrected chi connectivity index (χ1v) is 6.34. The molecule has 3 N–H and O–H groups in total. The summed E-state index contributed by atoms with van der Waals surface area (Å²) in [7, 11) is 0. The van der Waals surface area contributed by atoms with Crippen LogP contribution in [0.15, 0.2) is 18.2 Å². The molecule has 18 heavy (non-hydrogen) atoms. The fourth-order valence-electron chi connectivity index (χ4n) is 3.41. The Morgan fingerprint density at radius 3 is 2.83 bits per heavy atom. The molecule has 2 saturated carbocycles. The van der Waals surface area contributed by atoms with Crippen LogP contribution in [0.1, 0.15) is 19.3 Å². The van der Waals surface area contributed by atoms with Gasteiger partial charge in [0.1, 0.15) is 5.82 Å². The van der Waals surface area contributed by atoms with Crippen molar-refractivity contribution in [2.24, 2.45) is 23.5 Å². The minimum absolute atomic E-state index is 0.0580. The third kappa shape index (κ3) is 1.88. The van der Waals surface area contributed by atoms with Gasteiger partial charge >= 0.3 is 0 Å². The van der Waals surface area contributed by atoms with Crippen LogP contribution in [-0.2, 0) is 4.79 Å². The average molecular weight is 249 g/mol. The van der Waals surface area contributed by atoms with Crippen molar-refractivity contribution < 1.29 is 9.18 Å². The number of anilines is 1. The van der Waals surface area contributed by atoms with Crippen LogP contribution in [0.2, 0.25) is 0 Å². The normalized spacial score (nSPS) is 33.7. The zero-order chi connectivity index (χ0) is 12.7. The molecule has 0 aromatic carbocycles. The zero-order valence-corrected chi connectivity index (χ0v) is 9.97. The number of nitrogens with zero attached hydrogens (tertiary/aromatic N) is 1. The predicted octanol–water partition coefficient (Wildman–Crippen LogP) is 1.53. The lowest BCUT2D eigenvalue weighted by Crippen LogP contribution is -2.42. The predicted molar refractivity (Wildman–Crippen MR) is 65.1 cm³/mol. The van der Waals surface area contributed by atoms with Crippen LogP contribution in [0.3, 0.4) is 0 Å². The van der Waals surface area contributed by atoms with Crippen molar-refractivity contribution in [3.8, 4) is 0 Å². The largest absolute Gasteiger partial charge is 0.327 e. The lowest BCUT2D eigenvalue weighted by molar-refractivity contribution is -0.121. The number of hydrogen-bond donors (Lipinski definition) is 2. The van der Waals surface area contributed by atoms with Crippen LogP contribution in [0.25, 0.3) is 0 Å². The van der Waals surface area contributed by atoms with E-state index in [0.29, 0.717) is 11.8 Å². The maximum atomic E-state index is 12.9. The summed E-state index contributed by atoms with van der Waals surface area (Å²) in [5, 5.41) is 2.67. The lowest BCUT2D eigenvalue weighted by Gasteiger charge is -2.26. The summed E-state index contributed by atoms with van der Waals surface area (Å²) in [6, 6.07) is 4.30. The van der Waals surface area contributed by atoms with Gasteiger partial charge in [0.2, 0.25) is 11.9 Å². The van der Waals surface area contributed by atoms with Gasteiger partial charge in [0, 0.05) is 6.04 Å². The number of hydrogen-bond acceptors (Lipinski definition) is 3. The minimum Gasteiger partial charge on any atom is -0.327 e. The molecule has 2 aliphatic carbocycles. The van der Waals surface area contributed by atoms with Crippen molar-refractivity contribution in [2.75, 3.05) is 5.32 Å². The van der Waals surface area contributed by atoms with Gasteiger partial charge in [-0.3, -0.25) is 4.79 Å². The number of pyridine rings is 1. The Morgan fingerprint density at radius 1 is 1.39 bits per heavy atom. The Morgan fingerprint density at radius 2 is 2.17 bits per heavy atom. The highest BCUT2D eigenvalue weighted by Crippen LogP contribution is 2.47. The Balaban J connectivity index is 1.72. The first-order chi connectivity index (χ1) is 8.65. The molecule has 96 valence electrons. The maximum absolute atomic E-state index is 12.9. The number of halogens is 1. The van der Waals surface area contributed by atoms with Gasteiger partial charge in [-0.05, 0) is 43.2 Å². The number of nitrogens with one attached hydrogen (secondary N) is 1. The second-order valence-electron chi connectivity index (χ2n) is 5.27. The summed E-state index contributed by atoms with van der Waals surface area (Å²) in [6.07, 6.45) is 3.26. The van der Waals surface area contributed by atoms with Crippen LogP contribution in [0, 0.1) is 23.7 Å². The van der Waals surface area contributed by atoms with E-state index < -0.39 is 5.95 Å². The molecule has 4 unspecified atom stereocenters. The molecule has 4 atom stereocenters. The third-order valence-electron chi connectivity index (χ3n) is 4.25. The number of nitrogens with two attached hydrogens (primary N) is 1. The summed E-state index contributed by atoms with van der Waals surface area (Å²) >= 11 is 0. The van der Waals surface area contributed by atoms with E-state index in [-0.39, 0.29) is 23.7 Å². The first-order valence-electron chi connectivity index (χ1n) is 6.34. The second kappa shape index (κ2) is 4.31. The molecule has 2 aliphatic rings. The Labute approximate surface area is 105 Å². The zero-order valence-electron chi connectivity index (χ0n) is 9.97. The van der Waals surface area contributed by atoms with Gasteiger partial charge in [0.25, 0.3) is 0 Å². The summed E-state index contributed by atoms with van der Waals surface area (Å²) in [5.74, 6) is 0.270. The van der Waals surface area contributed by atoms with E-state index >= 15 is 0 Å². The van der Waals surface area contributed by atoms with E-state index in [0.717, 1.165) is 19.3 Å². The molecule has 5 heteroatoms. The fourth-order valence-corrected chi connectivity index (χ4v) is 3.41. The van der Waals surface area contributed by atoms with E-state index in [2.05, 4.69) is 10.3 Å². The molecule has 0 saturated heterocycles. The molecule has 4 nitrogen and oxygen atoms in total. The molecule has 3 rings (SSSR count). The van der Waals surface area contributed by atoms with Crippen LogP contribution >= 0.6 is 0 Å². The molecule has 2 fully saturated rings. The minimum atomic E-state index is -0.593. The molecule has 1 amide bonds. The highest BCUT2D eigenvalue weighted by atomic mass is 19.1. The van der Waals surface area contributed by atoms with Gasteiger partial charge in [0.05, 0.1) is 5.92 Å². The van der Waals surface area contributed by atoms with Crippen LogP contribution in [0.4, 0.5) is 10.2 Å². The number of aromatic nitrogens is 1. The van der Waals surface area contributed by atoms with Crippen LogP contribution in [0.5, 0.6) is 0 Å². The van der Waals surface area contributed by atoms with Crippen LogP contribution < -0.4 is 11.1 Å². The number of rotatable bonds is 2. The van der Waals surface area contributed by atoms with Gasteiger partial charge < -0.3 is 11.1 Å². The van der Waals surface area contributed by atoms with E-state index in [1.165, 1.54) is 12.1 Å². The van der Waals surface area contributed by atoms with E-state index in [4.69, 9.17) is 5.73 Å². The van der Waals surface area contributed by atoms with E-state index in [1.54, 1.807) is 6.07 Å². The van der Waals surface area contributed by atoms with Crippen molar-refractivity contribution >= 4 is 11.7 Å². The topological polar surface area (TPSA) is 68.0 Å². The lowest BCUT2D eigenvalue weighted by atomic mass is 9.84. The van der Waals surface area contributed by atoms with Crippen molar-refractivity contribution in [2.45, 2.75) is 25.3 Å². The standard InChI is InChI=1S/C13H16FN3O/c14-9-2-1-3-10(16-9)17-13(18)11-7-4-5-8(6-7)12(11)15/h1-3,7-8,11-12H,4-6,15H2,(H,16,17,18). The van der Waals surface area contributed by atoms with Crippen molar-refractivity contribution in [3.05, 3.63) is 24.1 Å². The highest BCUT2D eigenvalue weighted by Gasteiger charge is 2.49. The smallest absolute Gasteiger partial charge is 0.230 e. The van der Waals surface area contributed by atoms with Crippen molar-refractivity contribution in [1.82, 2.24) is 4.98 Å². The van der Waals surface area contributed by atoms with Crippen LogP contribution in [-0.4, -0.2) is 16.9 Å². The molecular weight excluding hydrogens is 233 g/mol. The quantitative estimate of drug-likeness (QED) is 0.781. The third-order valence-corrected chi connectivity index (χ3v) is 4.25. The average Bonchev–Trinajstić information content (AvgIpc) is 2.89.